The highest BCUT2D eigenvalue weighted by Crippen LogP contribution is 2.41. The summed E-state index contributed by atoms with van der Waals surface area (Å²) in [6.45, 7) is 3.08. The predicted molar refractivity (Wildman–Crippen MR) is 111 cm³/mol. The number of thiazole rings is 1. The Hall–Kier alpha value is -2.89. The molecule has 1 aromatic heterocycles. The Bertz CT molecular complexity index is 976. The number of aliphatic hydroxyl groups excluding tert-OH is 1. The fourth-order valence-corrected chi connectivity index (χ4v) is 3.97. The molecular weight excluding hydrogens is 390 g/mol. The molecule has 0 spiro atoms. The Morgan fingerprint density at radius 2 is 2.34 bits per heavy atom. The summed E-state index contributed by atoms with van der Waals surface area (Å²) in [5.41, 5.74) is 7.59. The van der Waals surface area contributed by atoms with Gasteiger partial charge < -0.3 is 20.5 Å². The Labute approximate surface area is 173 Å². The summed E-state index contributed by atoms with van der Waals surface area (Å²) in [5, 5.41) is 10.3. The molecule has 1 aromatic carbocycles. The lowest BCUT2D eigenvalue weighted by atomic mass is 10.0. The minimum Gasteiger partial charge on any atom is -0.492 e. The second-order valence-corrected chi connectivity index (χ2v) is 8.06. The van der Waals surface area contributed by atoms with Crippen LogP contribution in [0.3, 0.4) is 0 Å². The van der Waals surface area contributed by atoms with E-state index in [4.69, 9.17) is 10.5 Å². The van der Waals surface area contributed by atoms with Crippen molar-refractivity contribution in [1.82, 2.24) is 9.88 Å². The van der Waals surface area contributed by atoms with E-state index in [1.165, 1.54) is 16.2 Å². The molecule has 0 saturated carbocycles. The lowest BCUT2D eigenvalue weighted by Gasteiger charge is -2.10. The molecule has 2 unspecified atom stereocenters. The molecule has 29 heavy (non-hydrogen) atoms. The van der Waals surface area contributed by atoms with Gasteiger partial charge in [0, 0.05) is 35.5 Å². The highest BCUT2D eigenvalue weighted by atomic mass is 32.1. The smallest absolute Gasteiger partial charge is 0.277 e. The molecular formula is C21H23N3O4S. The van der Waals surface area contributed by atoms with Gasteiger partial charge in [-0.05, 0) is 31.0 Å². The predicted octanol–water partition coefficient (Wildman–Crippen LogP) is 1.99. The average molecular weight is 413 g/mol. The first-order chi connectivity index (χ1) is 13.9. The van der Waals surface area contributed by atoms with Crippen LogP contribution in [0.5, 0.6) is 5.75 Å². The van der Waals surface area contributed by atoms with Crippen LogP contribution in [0.1, 0.15) is 45.9 Å². The van der Waals surface area contributed by atoms with Gasteiger partial charge in [0.1, 0.15) is 11.9 Å². The van der Waals surface area contributed by atoms with Crippen molar-refractivity contribution in [2.75, 3.05) is 20.2 Å². The van der Waals surface area contributed by atoms with Gasteiger partial charge in [0.05, 0.1) is 12.3 Å². The zero-order chi connectivity index (χ0) is 21.0. The number of hydrogen-bond donors (Lipinski definition) is 2. The van der Waals surface area contributed by atoms with Crippen molar-refractivity contribution in [1.29, 1.82) is 0 Å². The number of aliphatic hydroxyl groups is 1. The first kappa shape index (κ1) is 20.8. The number of benzene rings is 1. The molecule has 2 heterocycles. The molecule has 0 aliphatic carbocycles. The van der Waals surface area contributed by atoms with Gasteiger partial charge >= 0.3 is 0 Å². The van der Waals surface area contributed by atoms with E-state index in [0.29, 0.717) is 43.0 Å². The second-order valence-electron chi connectivity index (χ2n) is 7.03. The number of fused-ring (bicyclic) bond motifs is 3. The standard InChI is InChI=1S/C21H23N3O4S/c1-13-11-28-17-8-6-14(5-7-15(26)4-3-9-24(2)12-25)10-16(17)18-19(13)29-21(23-18)20(22)27/h6,8,10,12-13,15,26H,3-4,9,11H2,1-2H3,(H2,22,27). The first-order valence-corrected chi connectivity index (χ1v) is 10.1. The van der Waals surface area contributed by atoms with E-state index in [0.717, 1.165) is 16.9 Å². The van der Waals surface area contributed by atoms with Crippen LogP contribution < -0.4 is 10.5 Å². The molecule has 0 radical (unpaired) electrons. The van der Waals surface area contributed by atoms with Crippen LogP contribution in [0, 0.1) is 11.8 Å². The number of carbonyl (C=O) groups is 2. The normalized spacial score (nSPS) is 15.6. The number of primary amides is 1. The summed E-state index contributed by atoms with van der Waals surface area (Å²) in [7, 11) is 1.69. The monoisotopic (exact) mass is 413 g/mol. The molecule has 7 nitrogen and oxygen atoms in total. The average Bonchev–Trinajstić information content (AvgIpc) is 3.11. The number of nitrogens with zero attached hydrogens (tertiary/aromatic N) is 2. The van der Waals surface area contributed by atoms with Crippen molar-refractivity contribution < 1.29 is 19.4 Å². The van der Waals surface area contributed by atoms with Crippen molar-refractivity contribution in [3.05, 3.63) is 33.6 Å². The molecule has 0 bridgehead atoms. The van der Waals surface area contributed by atoms with Gasteiger partial charge in [-0.2, -0.15) is 0 Å². The Kier molecular flexibility index (Phi) is 6.52. The summed E-state index contributed by atoms with van der Waals surface area (Å²) >= 11 is 1.30. The molecule has 2 aromatic rings. The van der Waals surface area contributed by atoms with E-state index in [1.54, 1.807) is 7.05 Å². The number of hydrogen-bond acceptors (Lipinski definition) is 6. The highest BCUT2D eigenvalue weighted by molar-refractivity contribution is 7.14. The van der Waals surface area contributed by atoms with Crippen molar-refractivity contribution in [2.24, 2.45) is 5.73 Å². The Balaban J connectivity index is 1.83. The van der Waals surface area contributed by atoms with Crippen molar-refractivity contribution >= 4 is 23.7 Å². The first-order valence-electron chi connectivity index (χ1n) is 9.32. The second kappa shape index (κ2) is 9.07. The van der Waals surface area contributed by atoms with Crippen molar-refractivity contribution in [2.45, 2.75) is 31.8 Å². The summed E-state index contributed by atoms with van der Waals surface area (Å²) in [5.74, 6) is 6.04. The zero-order valence-electron chi connectivity index (χ0n) is 16.3. The Morgan fingerprint density at radius 1 is 1.55 bits per heavy atom. The minimum atomic E-state index is -0.776. The maximum Gasteiger partial charge on any atom is 0.277 e. The molecule has 2 atom stereocenters. The van der Waals surface area contributed by atoms with Crippen LogP contribution >= 0.6 is 11.3 Å². The minimum absolute atomic E-state index is 0.0869. The largest absolute Gasteiger partial charge is 0.492 e. The lowest BCUT2D eigenvalue weighted by molar-refractivity contribution is -0.117. The fourth-order valence-electron chi connectivity index (χ4n) is 3.00. The summed E-state index contributed by atoms with van der Waals surface area (Å²) in [4.78, 5) is 29.1. The summed E-state index contributed by atoms with van der Waals surface area (Å²) in [6, 6.07) is 5.52. The molecule has 0 fully saturated rings. The number of nitrogens with two attached hydrogens (primary N) is 1. The van der Waals surface area contributed by atoms with Crippen LogP contribution in [0.4, 0.5) is 0 Å². The quantitative estimate of drug-likeness (QED) is 0.556. The molecule has 8 heteroatoms. The number of rotatable bonds is 6. The summed E-state index contributed by atoms with van der Waals surface area (Å²) in [6.07, 6.45) is 1.13. The third-order valence-corrected chi connectivity index (χ3v) is 5.89. The lowest BCUT2D eigenvalue weighted by Crippen LogP contribution is -2.18. The van der Waals surface area contributed by atoms with E-state index >= 15 is 0 Å². The van der Waals surface area contributed by atoms with Gasteiger partial charge in [0.25, 0.3) is 5.91 Å². The highest BCUT2D eigenvalue weighted by Gasteiger charge is 2.26. The van der Waals surface area contributed by atoms with E-state index in [2.05, 4.69) is 16.8 Å². The molecule has 2 amide bonds. The number of carbonyl (C=O) groups excluding carboxylic acids is 2. The van der Waals surface area contributed by atoms with Gasteiger partial charge in [0.2, 0.25) is 6.41 Å². The number of ether oxygens (including phenoxy) is 1. The maximum atomic E-state index is 11.6. The van der Waals surface area contributed by atoms with Crippen LogP contribution in [0.25, 0.3) is 11.3 Å². The van der Waals surface area contributed by atoms with Gasteiger partial charge in [0.15, 0.2) is 5.01 Å². The van der Waals surface area contributed by atoms with Gasteiger partial charge in [-0.25, -0.2) is 4.98 Å². The molecule has 0 saturated heterocycles. The van der Waals surface area contributed by atoms with Gasteiger partial charge in [-0.1, -0.05) is 18.8 Å². The van der Waals surface area contributed by atoms with Gasteiger partial charge in [-0.3, -0.25) is 9.59 Å². The maximum absolute atomic E-state index is 11.6. The third kappa shape index (κ3) is 4.94. The van der Waals surface area contributed by atoms with Gasteiger partial charge in [-0.15, -0.1) is 11.3 Å². The topological polar surface area (TPSA) is 106 Å². The van der Waals surface area contributed by atoms with Crippen molar-refractivity contribution in [3.63, 3.8) is 0 Å². The van der Waals surface area contributed by atoms with Crippen LogP contribution in [0.2, 0.25) is 0 Å². The summed E-state index contributed by atoms with van der Waals surface area (Å²) < 4.78 is 5.89. The van der Waals surface area contributed by atoms with E-state index in [9.17, 15) is 14.7 Å². The zero-order valence-corrected chi connectivity index (χ0v) is 17.2. The van der Waals surface area contributed by atoms with E-state index in [-0.39, 0.29) is 10.9 Å². The van der Waals surface area contributed by atoms with E-state index < -0.39 is 12.0 Å². The Morgan fingerprint density at radius 3 is 3.07 bits per heavy atom. The molecule has 152 valence electrons. The fraction of sp³-hybridized carbons (Fsp3) is 0.381. The molecule has 3 N–H and O–H groups in total. The molecule has 1 aliphatic heterocycles. The number of aromatic nitrogens is 1. The van der Waals surface area contributed by atoms with E-state index in [1.807, 2.05) is 25.1 Å². The molecule has 1 aliphatic rings. The number of amides is 2. The van der Waals surface area contributed by atoms with Crippen LogP contribution in [-0.2, 0) is 4.79 Å². The SMILES string of the molecule is CC1COc2ccc(C#CC(O)CCCN(C)C=O)cc2-c2nc(C(N)=O)sc21. The van der Waals surface area contributed by atoms with Crippen molar-refractivity contribution in [3.8, 4) is 28.8 Å². The third-order valence-electron chi connectivity index (χ3n) is 4.59. The van der Waals surface area contributed by atoms with Crippen LogP contribution in [-0.4, -0.2) is 53.6 Å². The molecule has 3 rings (SSSR count). The van der Waals surface area contributed by atoms with Crippen LogP contribution in [0.15, 0.2) is 18.2 Å².